The Labute approximate surface area is 230 Å². The summed E-state index contributed by atoms with van der Waals surface area (Å²) in [5.74, 6) is 0.260. The first-order valence-electron chi connectivity index (χ1n) is 12.5. The summed E-state index contributed by atoms with van der Waals surface area (Å²) in [6, 6.07) is 11.7. The number of thioether (sulfide) groups is 1. The average Bonchev–Trinajstić information content (AvgIpc) is 3.26. The molecule has 1 unspecified atom stereocenters. The van der Waals surface area contributed by atoms with E-state index in [1.54, 1.807) is 48.2 Å². The van der Waals surface area contributed by atoms with Gasteiger partial charge in [0, 0.05) is 47.0 Å². The van der Waals surface area contributed by atoms with Gasteiger partial charge in [0.25, 0.3) is 5.91 Å². The van der Waals surface area contributed by atoms with Crippen molar-refractivity contribution in [2.45, 2.75) is 39.0 Å². The topological polar surface area (TPSA) is 145 Å². The molecular formula is C28H31ClN4O4S. The van der Waals surface area contributed by atoms with Gasteiger partial charge in [-0.3, -0.25) is 19.8 Å². The van der Waals surface area contributed by atoms with Crippen LogP contribution in [0.3, 0.4) is 0 Å². The molecule has 0 spiro atoms. The quantitative estimate of drug-likeness (QED) is 0.263. The smallest absolute Gasteiger partial charge is 0.303 e. The Kier molecular flexibility index (Phi) is 8.79. The number of carbonyl (C=O) groups excluding carboxylic acids is 2. The number of carboxylic acids is 1. The van der Waals surface area contributed by atoms with E-state index in [-0.39, 0.29) is 29.7 Å². The molecule has 1 aliphatic heterocycles. The number of hydrogen-bond donors (Lipinski definition) is 5. The zero-order chi connectivity index (χ0) is 27.4. The van der Waals surface area contributed by atoms with Crippen molar-refractivity contribution in [2.75, 3.05) is 16.4 Å². The number of aliphatic carboxylic acids is 1. The summed E-state index contributed by atoms with van der Waals surface area (Å²) < 4.78 is 0. The fourth-order valence-corrected chi connectivity index (χ4v) is 6.77. The fraction of sp³-hybridized carbons (Fsp3) is 0.357. The van der Waals surface area contributed by atoms with Crippen LogP contribution in [0, 0.1) is 23.2 Å². The van der Waals surface area contributed by atoms with Crippen LogP contribution >= 0.6 is 23.4 Å². The zero-order valence-corrected chi connectivity index (χ0v) is 22.6. The minimum atomic E-state index is -0.732. The molecule has 0 bridgehead atoms. The predicted molar refractivity (Wildman–Crippen MR) is 152 cm³/mol. The van der Waals surface area contributed by atoms with Gasteiger partial charge in [-0.1, -0.05) is 23.7 Å². The van der Waals surface area contributed by atoms with Crippen LogP contribution in [-0.4, -0.2) is 34.4 Å². The van der Waals surface area contributed by atoms with Crippen molar-refractivity contribution in [1.29, 1.82) is 5.41 Å². The van der Waals surface area contributed by atoms with Gasteiger partial charge in [0.1, 0.15) is 0 Å². The minimum Gasteiger partial charge on any atom is -0.481 e. The molecule has 200 valence electrons. The number of anilines is 2. The lowest BCUT2D eigenvalue weighted by Crippen LogP contribution is -2.27. The molecule has 2 aromatic rings. The molecule has 0 aromatic heterocycles. The summed E-state index contributed by atoms with van der Waals surface area (Å²) in [5.41, 5.74) is 9.51. The lowest BCUT2D eigenvalue weighted by atomic mass is 9.74. The number of rotatable bonds is 8. The molecule has 0 radical (unpaired) electrons. The number of halogens is 1. The van der Waals surface area contributed by atoms with Crippen LogP contribution < -0.4 is 16.4 Å². The Bertz CT molecular complexity index is 1290. The Hall–Kier alpha value is -3.30. The highest BCUT2D eigenvalue weighted by Gasteiger charge is 2.35. The van der Waals surface area contributed by atoms with Crippen LogP contribution in [0.1, 0.15) is 54.9 Å². The molecule has 1 heterocycles. The van der Waals surface area contributed by atoms with E-state index in [0.29, 0.717) is 33.6 Å². The summed E-state index contributed by atoms with van der Waals surface area (Å²) >= 11 is 7.67. The third-order valence-electron chi connectivity index (χ3n) is 7.19. The van der Waals surface area contributed by atoms with Gasteiger partial charge in [0.2, 0.25) is 5.91 Å². The average molecular weight is 555 g/mol. The van der Waals surface area contributed by atoms with Crippen molar-refractivity contribution in [3.63, 3.8) is 0 Å². The highest BCUT2D eigenvalue weighted by Crippen LogP contribution is 2.44. The fourth-order valence-electron chi connectivity index (χ4n) is 5.22. The minimum absolute atomic E-state index is 0.204. The number of nitrogens with two attached hydrogens (primary N) is 1. The largest absolute Gasteiger partial charge is 0.481 e. The molecule has 1 atom stereocenters. The molecule has 1 aliphatic carbocycles. The van der Waals surface area contributed by atoms with Crippen LogP contribution in [0.15, 0.2) is 53.1 Å². The third-order valence-corrected chi connectivity index (χ3v) is 8.68. The summed E-state index contributed by atoms with van der Waals surface area (Å²) in [7, 11) is 0. The maximum atomic E-state index is 12.9. The standard InChI is InChI=1S/C28H31ClN4O4S/c1-15(34)32-23-11-8-19(29)13-21(23)28(37)33-20-9-6-18(7-10-20)25(30)27-26(31)22(14-38-27)17-4-2-16(3-5-17)12-24(35)36/h6-11,13,16-17,22,30H,2-5,12,14,31H2,1H3,(H,32,34)(H,33,37)(H,35,36). The SMILES string of the molecule is CC(=O)Nc1ccc(Cl)cc1C(=O)Nc1ccc(C(=N)C2=C(N)C(C3CCC(CC(=O)O)CC3)CS2)cc1. The number of allylic oxidation sites excluding steroid dienone is 2. The highest BCUT2D eigenvalue weighted by atomic mass is 35.5. The number of carboxylic acid groups (broad SMARTS) is 1. The van der Waals surface area contributed by atoms with Gasteiger partial charge >= 0.3 is 5.97 Å². The maximum Gasteiger partial charge on any atom is 0.303 e. The predicted octanol–water partition coefficient (Wildman–Crippen LogP) is 5.73. The molecule has 8 nitrogen and oxygen atoms in total. The molecule has 10 heteroatoms. The van der Waals surface area contributed by atoms with E-state index >= 15 is 0 Å². The normalized spacial score (nSPS) is 21.2. The van der Waals surface area contributed by atoms with Gasteiger partial charge < -0.3 is 21.5 Å². The first-order chi connectivity index (χ1) is 18.1. The van der Waals surface area contributed by atoms with Crippen molar-refractivity contribution in [3.05, 3.63) is 69.2 Å². The van der Waals surface area contributed by atoms with Crippen LogP contribution in [0.5, 0.6) is 0 Å². The number of carbonyl (C=O) groups is 3. The maximum absolute atomic E-state index is 12.9. The van der Waals surface area contributed by atoms with Crippen molar-refractivity contribution in [1.82, 2.24) is 0 Å². The van der Waals surface area contributed by atoms with E-state index in [0.717, 1.165) is 42.0 Å². The molecule has 2 aliphatic rings. The zero-order valence-electron chi connectivity index (χ0n) is 21.1. The Morgan fingerprint density at radius 2 is 1.76 bits per heavy atom. The van der Waals surface area contributed by atoms with Gasteiger partial charge in [0.05, 0.1) is 21.9 Å². The summed E-state index contributed by atoms with van der Waals surface area (Å²) in [6.45, 7) is 1.36. The summed E-state index contributed by atoms with van der Waals surface area (Å²) in [5, 5.41) is 23.6. The van der Waals surface area contributed by atoms with Crippen LogP contribution in [0.4, 0.5) is 11.4 Å². The van der Waals surface area contributed by atoms with Gasteiger partial charge in [-0.15, -0.1) is 11.8 Å². The number of hydrogen-bond acceptors (Lipinski definition) is 6. The van der Waals surface area contributed by atoms with Gasteiger partial charge in [-0.05, 0) is 67.9 Å². The molecular weight excluding hydrogens is 524 g/mol. The number of nitrogens with one attached hydrogen (secondary N) is 3. The van der Waals surface area contributed by atoms with Crippen LogP contribution in [-0.2, 0) is 9.59 Å². The lowest BCUT2D eigenvalue weighted by Gasteiger charge is -2.31. The third kappa shape index (κ3) is 6.57. The summed E-state index contributed by atoms with van der Waals surface area (Å²) in [6.07, 6.45) is 3.99. The van der Waals surface area contributed by atoms with E-state index in [9.17, 15) is 14.4 Å². The lowest BCUT2D eigenvalue weighted by molar-refractivity contribution is -0.138. The highest BCUT2D eigenvalue weighted by molar-refractivity contribution is 8.04. The second kappa shape index (κ2) is 12.0. The van der Waals surface area contributed by atoms with Crippen molar-refractivity contribution in [2.24, 2.45) is 23.5 Å². The van der Waals surface area contributed by atoms with Crippen LogP contribution in [0.2, 0.25) is 5.02 Å². The van der Waals surface area contributed by atoms with E-state index < -0.39 is 11.9 Å². The first kappa shape index (κ1) is 27.7. The molecule has 4 rings (SSSR count). The Morgan fingerprint density at radius 1 is 1.08 bits per heavy atom. The molecule has 0 saturated heterocycles. The Morgan fingerprint density at radius 3 is 2.39 bits per heavy atom. The molecule has 2 amide bonds. The number of benzene rings is 2. The number of amides is 2. The second-order valence-corrected chi connectivity index (χ2v) is 11.3. The molecule has 38 heavy (non-hydrogen) atoms. The van der Waals surface area contributed by atoms with Gasteiger partial charge in [-0.2, -0.15) is 0 Å². The van der Waals surface area contributed by atoms with Gasteiger partial charge in [0.15, 0.2) is 0 Å². The summed E-state index contributed by atoms with van der Waals surface area (Å²) in [4.78, 5) is 36.2. The second-order valence-electron chi connectivity index (χ2n) is 9.86. The van der Waals surface area contributed by atoms with E-state index in [1.807, 2.05) is 0 Å². The first-order valence-corrected chi connectivity index (χ1v) is 13.9. The van der Waals surface area contributed by atoms with Gasteiger partial charge in [-0.25, -0.2) is 0 Å². The van der Waals surface area contributed by atoms with E-state index in [1.165, 1.54) is 13.0 Å². The van der Waals surface area contributed by atoms with E-state index in [2.05, 4.69) is 10.6 Å². The molecule has 1 fully saturated rings. The van der Waals surface area contributed by atoms with E-state index in [4.69, 9.17) is 27.9 Å². The molecule has 2 aromatic carbocycles. The van der Waals surface area contributed by atoms with Crippen LogP contribution in [0.25, 0.3) is 0 Å². The molecule has 6 N–H and O–H groups in total. The monoisotopic (exact) mass is 554 g/mol. The Balaban J connectivity index is 1.41. The van der Waals surface area contributed by atoms with Crippen molar-refractivity contribution >= 4 is 58.2 Å². The molecule has 1 saturated carbocycles. The van der Waals surface area contributed by atoms with Crippen molar-refractivity contribution < 1.29 is 19.5 Å². The van der Waals surface area contributed by atoms with Crippen molar-refractivity contribution in [3.8, 4) is 0 Å².